The molecule has 37 heavy (non-hydrogen) atoms. The van der Waals surface area contributed by atoms with Crippen molar-refractivity contribution >= 4 is 44.3 Å². The molecule has 0 spiro atoms. The Bertz CT molecular complexity index is 1460. The van der Waals surface area contributed by atoms with Crippen molar-refractivity contribution in [3.8, 4) is 11.3 Å². The van der Waals surface area contributed by atoms with Crippen molar-refractivity contribution in [3.05, 3.63) is 100 Å². The second kappa shape index (κ2) is 11.6. The van der Waals surface area contributed by atoms with Gasteiger partial charge in [0.25, 0.3) is 0 Å². The highest BCUT2D eigenvalue weighted by Crippen LogP contribution is 2.29. The van der Waals surface area contributed by atoms with Gasteiger partial charge in [-0.05, 0) is 48.9 Å². The molecule has 5 rings (SSSR count). The zero-order valence-electron chi connectivity index (χ0n) is 20.1. The van der Waals surface area contributed by atoms with Crippen LogP contribution in [0, 0.1) is 5.92 Å². The first kappa shape index (κ1) is 25.6. The highest BCUT2D eigenvalue weighted by molar-refractivity contribution is 7.89. The molecule has 4 aromatic rings. The fraction of sp³-hybridized carbons (Fsp3) is 0.214. The van der Waals surface area contributed by atoms with Crippen molar-refractivity contribution < 1.29 is 8.42 Å². The molecule has 2 heterocycles. The Hall–Kier alpha value is -3.04. The first-order chi connectivity index (χ1) is 18.0. The van der Waals surface area contributed by atoms with Gasteiger partial charge in [-0.15, -0.1) is 11.3 Å². The van der Waals surface area contributed by atoms with Crippen LogP contribution >= 0.6 is 22.9 Å². The van der Waals surface area contributed by atoms with Crippen molar-refractivity contribution in [1.29, 1.82) is 0 Å². The van der Waals surface area contributed by atoms with Gasteiger partial charge < -0.3 is 0 Å². The summed E-state index contributed by atoms with van der Waals surface area (Å²) in [6.45, 7) is 1.11. The molecule has 0 saturated carbocycles. The van der Waals surface area contributed by atoms with E-state index in [9.17, 15) is 8.42 Å². The van der Waals surface area contributed by atoms with E-state index >= 15 is 0 Å². The number of anilines is 1. The number of hydrogen-bond donors (Lipinski definition) is 1. The number of thiazole rings is 1. The van der Waals surface area contributed by atoms with E-state index in [1.807, 2.05) is 35.7 Å². The van der Waals surface area contributed by atoms with Crippen LogP contribution in [0.1, 0.15) is 24.0 Å². The van der Waals surface area contributed by atoms with Crippen LogP contribution in [0.25, 0.3) is 11.3 Å². The van der Waals surface area contributed by atoms with E-state index in [4.69, 9.17) is 11.6 Å². The first-order valence-corrected chi connectivity index (χ1v) is 14.8. The van der Waals surface area contributed by atoms with Gasteiger partial charge in [0.1, 0.15) is 0 Å². The normalized spacial score (nSPS) is 15.3. The highest BCUT2D eigenvalue weighted by Gasteiger charge is 2.29. The third-order valence-electron chi connectivity index (χ3n) is 6.50. The quantitative estimate of drug-likeness (QED) is 0.199. The third-order valence-corrected chi connectivity index (χ3v) is 9.51. The van der Waals surface area contributed by atoms with Gasteiger partial charge in [0.2, 0.25) is 15.2 Å². The average Bonchev–Trinajstić information content (AvgIpc) is 3.40. The highest BCUT2D eigenvalue weighted by atomic mass is 35.5. The van der Waals surface area contributed by atoms with Crippen molar-refractivity contribution in [3.63, 3.8) is 0 Å². The Balaban J connectivity index is 1.19. The van der Waals surface area contributed by atoms with Gasteiger partial charge in [-0.25, -0.2) is 13.4 Å². The standard InChI is InChI=1S/C28H27ClN4O2S2/c29-26-9-5-4-8-24(26)19-30-32-28-31-27(20-36-28)23-10-12-25(13-11-23)37(34,35)33-16-14-22(15-17-33)18-21-6-2-1-3-7-21/h1-13,19-20,22H,14-18H2,(H,31,32). The number of rotatable bonds is 8. The zero-order chi connectivity index (χ0) is 25.7. The number of hydrogen-bond acceptors (Lipinski definition) is 6. The lowest BCUT2D eigenvalue weighted by atomic mass is 9.91. The van der Waals surface area contributed by atoms with Crippen molar-refractivity contribution in [1.82, 2.24) is 9.29 Å². The number of aromatic nitrogens is 1. The van der Waals surface area contributed by atoms with Crippen LogP contribution in [-0.4, -0.2) is 37.0 Å². The molecule has 1 fully saturated rings. The molecule has 3 aromatic carbocycles. The largest absolute Gasteiger partial charge is 0.253 e. The number of nitrogens with zero attached hydrogens (tertiary/aromatic N) is 3. The predicted octanol–water partition coefficient (Wildman–Crippen LogP) is 6.55. The Kier molecular flexibility index (Phi) is 8.00. The SMILES string of the molecule is O=S(=O)(c1ccc(-c2csc(NN=Cc3ccccc3Cl)n2)cc1)N1CCC(Cc2ccccc2)CC1. The van der Waals surface area contributed by atoms with E-state index in [1.54, 1.807) is 34.8 Å². The van der Waals surface area contributed by atoms with Gasteiger partial charge >= 0.3 is 0 Å². The van der Waals surface area contributed by atoms with E-state index in [0.717, 1.165) is 36.1 Å². The monoisotopic (exact) mass is 550 g/mol. The second-order valence-electron chi connectivity index (χ2n) is 8.99. The Morgan fingerprint density at radius 3 is 2.43 bits per heavy atom. The van der Waals surface area contributed by atoms with E-state index in [1.165, 1.54) is 16.9 Å². The molecule has 1 N–H and O–H groups in total. The van der Waals surface area contributed by atoms with Crippen LogP contribution in [0.3, 0.4) is 0 Å². The topological polar surface area (TPSA) is 74.7 Å². The van der Waals surface area contributed by atoms with Crippen LogP contribution in [-0.2, 0) is 16.4 Å². The average molecular weight is 551 g/mol. The summed E-state index contributed by atoms with van der Waals surface area (Å²) in [4.78, 5) is 4.87. The number of nitrogens with one attached hydrogen (secondary N) is 1. The van der Waals surface area contributed by atoms with Crippen molar-refractivity contribution in [2.24, 2.45) is 11.0 Å². The number of benzene rings is 3. The molecule has 0 bridgehead atoms. The smallest absolute Gasteiger partial charge is 0.243 e. The van der Waals surface area contributed by atoms with Gasteiger partial charge in [-0.3, -0.25) is 5.43 Å². The molecule has 0 unspecified atom stereocenters. The lowest BCUT2D eigenvalue weighted by Gasteiger charge is -2.31. The summed E-state index contributed by atoms with van der Waals surface area (Å²) in [6, 6.07) is 24.8. The Morgan fingerprint density at radius 1 is 1.00 bits per heavy atom. The maximum atomic E-state index is 13.2. The summed E-state index contributed by atoms with van der Waals surface area (Å²) in [6.07, 6.45) is 4.40. The molecule has 9 heteroatoms. The van der Waals surface area contributed by atoms with E-state index in [0.29, 0.717) is 34.1 Å². The first-order valence-electron chi connectivity index (χ1n) is 12.1. The van der Waals surface area contributed by atoms with Gasteiger partial charge in [0.05, 0.1) is 16.8 Å². The summed E-state index contributed by atoms with van der Waals surface area (Å²) in [5, 5.41) is 7.38. The molecule has 0 aliphatic carbocycles. The predicted molar refractivity (Wildman–Crippen MR) is 152 cm³/mol. The van der Waals surface area contributed by atoms with Crippen molar-refractivity contribution in [2.75, 3.05) is 18.5 Å². The zero-order valence-corrected chi connectivity index (χ0v) is 22.5. The van der Waals surface area contributed by atoms with E-state index in [-0.39, 0.29) is 0 Å². The lowest BCUT2D eigenvalue weighted by Crippen LogP contribution is -2.38. The molecule has 0 amide bonds. The van der Waals surface area contributed by atoms with E-state index < -0.39 is 10.0 Å². The van der Waals surface area contributed by atoms with Crippen LogP contribution < -0.4 is 5.43 Å². The molecule has 1 aliphatic heterocycles. The minimum absolute atomic E-state index is 0.315. The molecular weight excluding hydrogens is 524 g/mol. The fourth-order valence-electron chi connectivity index (χ4n) is 4.44. The van der Waals surface area contributed by atoms with Gasteiger partial charge in [-0.2, -0.15) is 9.41 Å². The van der Waals surface area contributed by atoms with Crippen molar-refractivity contribution in [2.45, 2.75) is 24.2 Å². The van der Waals surface area contributed by atoms with Gasteiger partial charge in [0, 0.05) is 34.6 Å². The number of halogens is 1. The number of hydrazone groups is 1. The summed E-state index contributed by atoms with van der Waals surface area (Å²) in [5.74, 6) is 0.512. The van der Waals surface area contributed by atoms with Crippen LogP contribution in [0.2, 0.25) is 5.02 Å². The summed E-state index contributed by atoms with van der Waals surface area (Å²) in [5.41, 5.74) is 6.65. The minimum Gasteiger partial charge on any atom is -0.253 e. The second-order valence-corrected chi connectivity index (χ2v) is 12.2. The molecule has 6 nitrogen and oxygen atoms in total. The molecule has 190 valence electrons. The molecule has 0 atom stereocenters. The maximum absolute atomic E-state index is 13.2. The van der Waals surface area contributed by atoms with Gasteiger partial charge in [0.15, 0.2) is 0 Å². The van der Waals surface area contributed by atoms with Crippen LogP contribution in [0.5, 0.6) is 0 Å². The summed E-state index contributed by atoms with van der Waals surface area (Å²) >= 11 is 7.56. The molecule has 0 radical (unpaired) electrons. The Labute approximate surface area is 226 Å². The number of sulfonamides is 1. The Morgan fingerprint density at radius 2 is 1.70 bits per heavy atom. The van der Waals surface area contributed by atoms with E-state index in [2.05, 4.69) is 39.8 Å². The molecule has 1 saturated heterocycles. The lowest BCUT2D eigenvalue weighted by molar-refractivity contribution is 0.273. The molecule has 1 aromatic heterocycles. The minimum atomic E-state index is -3.52. The van der Waals surface area contributed by atoms with Crippen LogP contribution in [0.15, 0.2) is 94.2 Å². The molecule has 1 aliphatic rings. The van der Waals surface area contributed by atoms with Gasteiger partial charge in [-0.1, -0.05) is 72.3 Å². The maximum Gasteiger partial charge on any atom is 0.243 e. The fourth-order valence-corrected chi connectivity index (χ4v) is 6.77. The number of piperidine rings is 1. The molecular formula is C28H27ClN4O2S2. The third kappa shape index (κ3) is 6.27. The van der Waals surface area contributed by atoms with Crippen LogP contribution in [0.4, 0.5) is 5.13 Å². The summed E-state index contributed by atoms with van der Waals surface area (Å²) in [7, 11) is -3.52. The summed E-state index contributed by atoms with van der Waals surface area (Å²) < 4.78 is 28.1.